The van der Waals surface area contributed by atoms with Crippen molar-refractivity contribution >= 4 is 11.6 Å². The van der Waals surface area contributed by atoms with E-state index in [2.05, 4.69) is 16.9 Å². The number of hydrogen-bond acceptors (Lipinski definition) is 2. The minimum absolute atomic E-state index is 0.168. The monoisotopic (exact) mass is 230 g/mol. The summed E-state index contributed by atoms with van der Waals surface area (Å²) in [5.41, 5.74) is -0.476. The van der Waals surface area contributed by atoms with Crippen LogP contribution in [-0.2, 0) is 11.0 Å². The highest BCUT2D eigenvalue weighted by Crippen LogP contribution is 2.28. The van der Waals surface area contributed by atoms with Gasteiger partial charge in [-0.3, -0.25) is 9.78 Å². The lowest BCUT2D eigenvalue weighted by molar-refractivity contribution is -0.137. The minimum Gasteiger partial charge on any atom is -0.325 e. The number of amides is 1. The third-order valence-electron chi connectivity index (χ3n) is 1.73. The van der Waals surface area contributed by atoms with Crippen LogP contribution in [0.3, 0.4) is 0 Å². The summed E-state index contributed by atoms with van der Waals surface area (Å²) in [6, 6.07) is 2.04. The number of nitrogens with one attached hydrogen (secondary N) is 1. The van der Waals surface area contributed by atoms with Gasteiger partial charge in [0.2, 0.25) is 5.91 Å². The third kappa shape index (κ3) is 3.08. The molecule has 1 heterocycles. The average Bonchev–Trinajstić information content (AvgIpc) is 2.15. The van der Waals surface area contributed by atoms with Gasteiger partial charge in [0.15, 0.2) is 0 Å². The predicted molar refractivity (Wildman–Crippen MR) is 52.1 cm³/mol. The van der Waals surface area contributed by atoms with E-state index in [-0.39, 0.29) is 17.3 Å². The van der Waals surface area contributed by atoms with Crippen LogP contribution < -0.4 is 5.32 Å². The number of hydrogen-bond donors (Lipinski definition) is 1. The molecule has 0 aliphatic rings. The van der Waals surface area contributed by atoms with Crippen LogP contribution in [0.15, 0.2) is 24.9 Å². The SMILES string of the molecule is C=C(NC(C)=O)c1ccc(C(F)(F)F)cn1. The van der Waals surface area contributed by atoms with Gasteiger partial charge in [0.1, 0.15) is 0 Å². The molecule has 0 bridgehead atoms. The molecule has 0 unspecified atom stereocenters. The van der Waals surface area contributed by atoms with Gasteiger partial charge in [0.25, 0.3) is 0 Å². The second-order valence-electron chi connectivity index (χ2n) is 3.09. The molecule has 0 atom stereocenters. The third-order valence-corrected chi connectivity index (χ3v) is 1.73. The van der Waals surface area contributed by atoms with Gasteiger partial charge < -0.3 is 5.32 Å². The number of nitrogens with zero attached hydrogens (tertiary/aromatic N) is 1. The van der Waals surface area contributed by atoms with Crippen molar-refractivity contribution in [1.29, 1.82) is 0 Å². The number of alkyl halides is 3. The van der Waals surface area contributed by atoms with E-state index in [1.54, 1.807) is 0 Å². The summed E-state index contributed by atoms with van der Waals surface area (Å²) >= 11 is 0. The fourth-order valence-corrected chi connectivity index (χ4v) is 1.02. The van der Waals surface area contributed by atoms with Crippen LogP contribution in [0.5, 0.6) is 0 Å². The van der Waals surface area contributed by atoms with E-state index < -0.39 is 11.7 Å². The molecule has 0 aliphatic carbocycles. The Bertz CT molecular complexity index is 409. The first-order valence-corrected chi connectivity index (χ1v) is 4.31. The number of aromatic nitrogens is 1. The van der Waals surface area contributed by atoms with Gasteiger partial charge in [-0.2, -0.15) is 13.2 Å². The zero-order valence-electron chi connectivity index (χ0n) is 8.43. The first kappa shape index (κ1) is 12.2. The van der Waals surface area contributed by atoms with E-state index in [0.29, 0.717) is 6.20 Å². The molecule has 3 nitrogen and oxygen atoms in total. The molecule has 0 fully saturated rings. The van der Waals surface area contributed by atoms with Gasteiger partial charge in [0.05, 0.1) is 17.0 Å². The maximum atomic E-state index is 12.2. The Morgan fingerprint density at radius 3 is 2.44 bits per heavy atom. The van der Waals surface area contributed by atoms with Crippen molar-refractivity contribution in [3.63, 3.8) is 0 Å². The van der Waals surface area contributed by atoms with Crippen molar-refractivity contribution in [2.45, 2.75) is 13.1 Å². The van der Waals surface area contributed by atoms with Crippen LogP contribution in [0.2, 0.25) is 0 Å². The number of halogens is 3. The Hall–Kier alpha value is -1.85. The van der Waals surface area contributed by atoms with Gasteiger partial charge >= 0.3 is 6.18 Å². The quantitative estimate of drug-likeness (QED) is 0.846. The largest absolute Gasteiger partial charge is 0.417 e. The van der Waals surface area contributed by atoms with Crippen LogP contribution in [0.1, 0.15) is 18.2 Å². The van der Waals surface area contributed by atoms with Gasteiger partial charge in [0, 0.05) is 13.1 Å². The maximum Gasteiger partial charge on any atom is 0.417 e. The molecule has 1 aromatic rings. The molecule has 0 radical (unpaired) electrons. The molecule has 1 rings (SSSR count). The second-order valence-corrected chi connectivity index (χ2v) is 3.09. The van der Waals surface area contributed by atoms with Crippen LogP contribution in [0.25, 0.3) is 5.70 Å². The molecule has 1 aromatic heterocycles. The number of rotatable bonds is 2. The first-order valence-electron chi connectivity index (χ1n) is 4.31. The molecule has 86 valence electrons. The first-order chi connectivity index (χ1) is 7.30. The van der Waals surface area contributed by atoms with Crippen molar-refractivity contribution in [1.82, 2.24) is 10.3 Å². The Balaban J connectivity index is 2.87. The smallest absolute Gasteiger partial charge is 0.325 e. The van der Waals surface area contributed by atoms with Crippen molar-refractivity contribution in [2.75, 3.05) is 0 Å². The average molecular weight is 230 g/mol. The lowest BCUT2D eigenvalue weighted by Crippen LogP contribution is -2.18. The number of carbonyl (C=O) groups is 1. The summed E-state index contributed by atoms with van der Waals surface area (Å²) in [5.74, 6) is -0.355. The molecule has 1 N–H and O–H groups in total. The lowest BCUT2D eigenvalue weighted by Gasteiger charge is -2.08. The summed E-state index contributed by atoms with van der Waals surface area (Å²) < 4.78 is 36.6. The molecule has 16 heavy (non-hydrogen) atoms. The van der Waals surface area contributed by atoms with E-state index in [1.165, 1.54) is 6.92 Å². The van der Waals surface area contributed by atoms with Crippen LogP contribution in [0.4, 0.5) is 13.2 Å². The Morgan fingerprint density at radius 2 is 2.06 bits per heavy atom. The highest BCUT2D eigenvalue weighted by molar-refractivity contribution is 5.83. The zero-order valence-corrected chi connectivity index (χ0v) is 8.43. The second kappa shape index (κ2) is 4.34. The van der Waals surface area contributed by atoms with Crippen molar-refractivity contribution in [2.24, 2.45) is 0 Å². The van der Waals surface area contributed by atoms with Crippen LogP contribution in [0, 0.1) is 0 Å². The molecule has 0 aliphatic heterocycles. The lowest BCUT2D eigenvalue weighted by atomic mass is 10.2. The number of carbonyl (C=O) groups excluding carboxylic acids is 1. The van der Waals surface area contributed by atoms with Gasteiger partial charge in [-0.15, -0.1) is 0 Å². The van der Waals surface area contributed by atoms with Crippen molar-refractivity contribution < 1.29 is 18.0 Å². The van der Waals surface area contributed by atoms with Crippen LogP contribution in [-0.4, -0.2) is 10.9 Å². The van der Waals surface area contributed by atoms with E-state index in [9.17, 15) is 18.0 Å². The summed E-state index contributed by atoms with van der Waals surface area (Å²) in [7, 11) is 0. The number of pyridine rings is 1. The summed E-state index contributed by atoms with van der Waals surface area (Å²) in [5, 5.41) is 2.34. The Kier molecular flexibility index (Phi) is 3.31. The predicted octanol–water partition coefficient (Wildman–Crippen LogP) is 2.21. The van der Waals surface area contributed by atoms with Gasteiger partial charge in [-0.1, -0.05) is 6.58 Å². The standard InChI is InChI=1S/C10H9F3N2O/c1-6(15-7(2)16)9-4-3-8(5-14-9)10(11,12)13/h3-5H,1H2,2H3,(H,15,16). The van der Waals surface area contributed by atoms with E-state index in [1.807, 2.05) is 0 Å². The fraction of sp³-hybridized carbons (Fsp3) is 0.200. The fourth-order valence-electron chi connectivity index (χ4n) is 1.02. The zero-order chi connectivity index (χ0) is 12.3. The molecule has 6 heteroatoms. The van der Waals surface area contributed by atoms with Gasteiger partial charge in [-0.25, -0.2) is 0 Å². The molecule has 0 saturated carbocycles. The topological polar surface area (TPSA) is 42.0 Å². The van der Waals surface area contributed by atoms with Crippen LogP contribution >= 0.6 is 0 Å². The highest BCUT2D eigenvalue weighted by Gasteiger charge is 2.30. The summed E-state index contributed by atoms with van der Waals surface area (Å²) in [4.78, 5) is 14.2. The van der Waals surface area contributed by atoms with E-state index in [4.69, 9.17) is 0 Å². The van der Waals surface area contributed by atoms with Crippen molar-refractivity contribution in [3.05, 3.63) is 36.2 Å². The van der Waals surface area contributed by atoms with E-state index in [0.717, 1.165) is 12.1 Å². The Labute approximate surface area is 90.0 Å². The van der Waals surface area contributed by atoms with Crippen molar-refractivity contribution in [3.8, 4) is 0 Å². The van der Waals surface area contributed by atoms with Gasteiger partial charge in [-0.05, 0) is 12.1 Å². The molecule has 0 saturated heterocycles. The molecule has 0 aromatic carbocycles. The molecular weight excluding hydrogens is 221 g/mol. The van der Waals surface area contributed by atoms with E-state index >= 15 is 0 Å². The minimum atomic E-state index is -4.42. The Morgan fingerprint density at radius 1 is 1.44 bits per heavy atom. The maximum absolute atomic E-state index is 12.2. The molecule has 1 amide bonds. The molecule has 0 spiro atoms. The highest BCUT2D eigenvalue weighted by atomic mass is 19.4. The summed E-state index contributed by atoms with van der Waals surface area (Å²) in [6.45, 7) is 4.75. The molecular formula is C10H9F3N2O. The normalized spacial score (nSPS) is 11.0. The summed E-state index contributed by atoms with van der Waals surface area (Å²) in [6.07, 6.45) is -3.72.